The minimum atomic E-state index is -0.123. The molecule has 0 saturated heterocycles. The molecule has 0 aliphatic heterocycles. The number of hydrogen-bond donors (Lipinski definition) is 0. The van der Waals surface area contributed by atoms with E-state index < -0.39 is 0 Å². The maximum absolute atomic E-state index is 13.9. The normalized spacial score (nSPS) is 35.1. The Morgan fingerprint density at radius 3 is 1.80 bits per heavy atom. The molecule has 0 bridgehead atoms. The molecule has 5 saturated carbocycles. The summed E-state index contributed by atoms with van der Waals surface area (Å²) >= 11 is 0. The SMILES string of the molecule is C=C(C)[C@@H]1CC[C@]2(C)CC[C@]3(C)[C@H](CC[C@@H]4[C@@]5(C)CC[C@H](OC(=O)c6ccc[n+](CCCCCCCCCCCCCCCCCCCCCC)c6)C(C)(C)[C@@H]5CC[C@]43C)[C@@H]12. The maximum Gasteiger partial charge on any atom is 0.344 e. The fraction of sp³-hybridized carbons (Fsp3) is 0.862. The first-order valence-electron chi connectivity index (χ1n) is 27.1. The van der Waals surface area contributed by atoms with Gasteiger partial charge in [-0.15, -0.1) is 0 Å². The first kappa shape index (κ1) is 48.8. The lowest BCUT2D eigenvalue weighted by atomic mass is 9.32. The highest BCUT2D eigenvalue weighted by Crippen LogP contribution is 2.77. The molecule has 5 aliphatic carbocycles. The van der Waals surface area contributed by atoms with Gasteiger partial charge in [0.2, 0.25) is 0 Å². The molecule has 6 rings (SSSR count). The Labute approximate surface area is 378 Å². The van der Waals surface area contributed by atoms with Gasteiger partial charge in [-0.25, -0.2) is 9.36 Å². The summed E-state index contributed by atoms with van der Waals surface area (Å²) in [7, 11) is 0. The zero-order valence-electron chi connectivity index (χ0n) is 41.7. The highest BCUT2D eigenvalue weighted by molar-refractivity contribution is 5.88. The molecular weight excluding hydrogens is 743 g/mol. The Morgan fingerprint density at radius 1 is 0.656 bits per heavy atom. The molecule has 3 nitrogen and oxygen atoms in total. The van der Waals surface area contributed by atoms with Gasteiger partial charge in [-0.3, -0.25) is 0 Å². The Balaban J connectivity index is 0.892. The third kappa shape index (κ3) is 10.7. The highest BCUT2D eigenvalue weighted by atomic mass is 16.5. The summed E-state index contributed by atoms with van der Waals surface area (Å²) in [5.74, 6) is 3.55. The van der Waals surface area contributed by atoms with Crippen molar-refractivity contribution in [2.45, 2.75) is 261 Å². The van der Waals surface area contributed by atoms with Gasteiger partial charge in [0.15, 0.2) is 12.4 Å². The van der Waals surface area contributed by atoms with Crippen LogP contribution in [0.25, 0.3) is 0 Å². The molecule has 61 heavy (non-hydrogen) atoms. The largest absolute Gasteiger partial charge is 0.458 e. The first-order chi connectivity index (χ1) is 29.2. The summed E-state index contributed by atoms with van der Waals surface area (Å²) in [6.07, 6.45) is 45.4. The van der Waals surface area contributed by atoms with Gasteiger partial charge in [-0.05, 0) is 135 Å². The summed E-state index contributed by atoms with van der Waals surface area (Å²) in [6.45, 7) is 25.9. The van der Waals surface area contributed by atoms with Crippen molar-refractivity contribution in [3.8, 4) is 0 Å². The smallest absolute Gasteiger partial charge is 0.344 e. The van der Waals surface area contributed by atoms with Crippen molar-refractivity contribution in [3.05, 3.63) is 42.2 Å². The molecule has 3 heteroatoms. The molecule has 0 radical (unpaired) electrons. The number of unbranched alkanes of at least 4 members (excludes halogenated alkanes) is 19. The van der Waals surface area contributed by atoms with E-state index in [-0.39, 0.29) is 17.5 Å². The van der Waals surface area contributed by atoms with Gasteiger partial charge in [0.1, 0.15) is 18.2 Å². The van der Waals surface area contributed by atoms with E-state index in [4.69, 9.17) is 4.74 Å². The highest BCUT2D eigenvalue weighted by Gasteiger charge is 2.70. The van der Waals surface area contributed by atoms with Crippen LogP contribution in [-0.2, 0) is 11.3 Å². The minimum absolute atomic E-state index is 0.0299. The molecular formula is C58H98NO2+. The Morgan fingerprint density at radius 2 is 1.23 bits per heavy atom. The molecule has 5 aliphatic rings. The van der Waals surface area contributed by atoms with Crippen molar-refractivity contribution in [1.29, 1.82) is 0 Å². The number of esters is 1. The predicted octanol–water partition coefficient (Wildman–Crippen LogP) is 17.0. The van der Waals surface area contributed by atoms with E-state index in [1.165, 1.54) is 192 Å². The second-order valence-electron chi connectivity index (χ2n) is 24.1. The lowest BCUT2D eigenvalue weighted by Gasteiger charge is -2.73. The first-order valence-corrected chi connectivity index (χ1v) is 27.1. The zero-order valence-corrected chi connectivity index (χ0v) is 41.7. The van der Waals surface area contributed by atoms with Gasteiger partial charge in [0.25, 0.3) is 0 Å². The van der Waals surface area contributed by atoms with Crippen LogP contribution in [0, 0.1) is 56.7 Å². The van der Waals surface area contributed by atoms with Crippen molar-refractivity contribution in [3.63, 3.8) is 0 Å². The van der Waals surface area contributed by atoms with Gasteiger partial charge in [0, 0.05) is 17.9 Å². The number of carbonyl (C=O) groups excluding carboxylic acids is 1. The fourth-order valence-electron chi connectivity index (χ4n) is 16.2. The van der Waals surface area contributed by atoms with Gasteiger partial charge in [-0.2, -0.15) is 0 Å². The molecule has 0 amide bonds. The average molecular weight is 841 g/mol. The van der Waals surface area contributed by atoms with Crippen molar-refractivity contribution in [2.24, 2.45) is 56.7 Å². The average Bonchev–Trinajstić information content (AvgIpc) is 3.59. The van der Waals surface area contributed by atoms with Crippen LogP contribution in [0.5, 0.6) is 0 Å². The quantitative estimate of drug-likeness (QED) is 0.0449. The third-order valence-corrected chi connectivity index (χ3v) is 20.0. The Kier molecular flexibility index (Phi) is 17.3. The predicted molar refractivity (Wildman–Crippen MR) is 258 cm³/mol. The molecule has 10 atom stereocenters. The zero-order chi connectivity index (χ0) is 43.7. The second kappa shape index (κ2) is 21.6. The van der Waals surface area contributed by atoms with E-state index >= 15 is 0 Å². The van der Waals surface area contributed by atoms with E-state index in [0.29, 0.717) is 39.1 Å². The number of carbonyl (C=O) groups is 1. The molecule has 0 unspecified atom stereocenters. The molecule has 1 heterocycles. The van der Waals surface area contributed by atoms with Crippen LogP contribution in [0.4, 0.5) is 0 Å². The molecule has 1 aromatic heterocycles. The van der Waals surface area contributed by atoms with Gasteiger partial charge >= 0.3 is 5.97 Å². The summed E-state index contributed by atoms with van der Waals surface area (Å²) in [6, 6.07) is 4.02. The van der Waals surface area contributed by atoms with Crippen molar-refractivity contribution < 1.29 is 14.1 Å². The number of ether oxygens (including phenoxy) is 1. The minimum Gasteiger partial charge on any atom is -0.458 e. The lowest BCUT2D eigenvalue weighted by Crippen LogP contribution is -2.66. The van der Waals surface area contributed by atoms with E-state index in [0.717, 1.165) is 30.7 Å². The number of aryl methyl sites for hydroxylation is 1. The van der Waals surface area contributed by atoms with E-state index in [2.05, 4.69) is 78.9 Å². The van der Waals surface area contributed by atoms with Crippen molar-refractivity contribution in [2.75, 3.05) is 0 Å². The molecule has 1 aromatic rings. The van der Waals surface area contributed by atoms with Gasteiger partial charge in [0.05, 0.1) is 0 Å². The molecule has 0 spiro atoms. The number of allylic oxidation sites excluding steroid dienone is 1. The number of nitrogens with zero attached hydrogens (tertiary/aromatic N) is 1. The summed E-state index contributed by atoms with van der Waals surface area (Å²) < 4.78 is 8.82. The number of rotatable bonds is 24. The van der Waals surface area contributed by atoms with Crippen LogP contribution < -0.4 is 4.57 Å². The second-order valence-corrected chi connectivity index (χ2v) is 24.1. The molecule has 346 valence electrons. The van der Waals surface area contributed by atoms with E-state index in [1.807, 2.05) is 12.1 Å². The molecule has 0 N–H and O–H groups in total. The Hall–Kier alpha value is -1.64. The number of pyridine rings is 1. The van der Waals surface area contributed by atoms with Gasteiger partial charge in [-0.1, -0.05) is 176 Å². The van der Waals surface area contributed by atoms with Crippen LogP contribution in [0.3, 0.4) is 0 Å². The molecule has 0 aromatic carbocycles. The topological polar surface area (TPSA) is 30.2 Å². The maximum atomic E-state index is 13.9. The number of hydrogen-bond acceptors (Lipinski definition) is 2. The number of fused-ring (bicyclic) bond motifs is 7. The van der Waals surface area contributed by atoms with Crippen molar-refractivity contribution >= 4 is 5.97 Å². The van der Waals surface area contributed by atoms with E-state index in [1.54, 1.807) is 0 Å². The van der Waals surface area contributed by atoms with Crippen LogP contribution in [0.1, 0.15) is 258 Å². The van der Waals surface area contributed by atoms with Crippen LogP contribution >= 0.6 is 0 Å². The number of aromatic nitrogens is 1. The lowest BCUT2D eigenvalue weighted by molar-refractivity contribution is -0.697. The monoisotopic (exact) mass is 841 g/mol. The van der Waals surface area contributed by atoms with E-state index in [9.17, 15) is 4.79 Å². The summed E-state index contributed by atoms with van der Waals surface area (Å²) in [5.41, 5.74) is 3.68. The van der Waals surface area contributed by atoms with Crippen LogP contribution in [0.2, 0.25) is 0 Å². The summed E-state index contributed by atoms with van der Waals surface area (Å²) in [5, 5.41) is 0. The van der Waals surface area contributed by atoms with Crippen molar-refractivity contribution in [1.82, 2.24) is 0 Å². The standard InChI is InChI=1S/C58H98NO2/c1-10-11-12-13-14-15-16-17-18-19-20-21-22-23-24-25-26-27-28-29-42-59-43-30-31-46(44-59)53(60)61-51-36-38-56(7)49(54(51,4)5)35-39-58(9)50(56)33-32-48-52-47(45(2)3)34-37-55(52,6)40-41-57(48,58)8/h30-31,43-44,47-52H,2,10-29,32-42H2,1,3-9H3/q+1/t47-,48+,49-,50+,51-,52+,55+,56-,57+,58+/m0/s1. The van der Waals surface area contributed by atoms with Gasteiger partial charge < -0.3 is 4.74 Å². The summed E-state index contributed by atoms with van der Waals surface area (Å²) in [4.78, 5) is 13.9. The fourth-order valence-corrected chi connectivity index (χ4v) is 16.2. The third-order valence-electron chi connectivity index (χ3n) is 20.0. The Bertz CT molecular complexity index is 1550. The van der Waals surface area contributed by atoms with Crippen LogP contribution in [-0.4, -0.2) is 12.1 Å². The molecule has 5 fully saturated rings. The van der Waals surface area contributed by atoms with Crippen LogP contribution in [0.15, 0.2) is 36.7 Å².